The molecule has 102 valence electrons. The van der Waals surface area contributed by atoms with Gasteiger partial charge in [0.1, 0.15) is 17.1 Å². The third kappa shape index (κ3) is 4.78. The highest BCUT2D eigenvalue weighted by Crippen LogP contribution is 2.32. The van der Waals surface area contributed by atoms with Crippen LogP contribution in [0.4, 0.5) is 0 Å². The van der Waals surface area contributed by atoms with Crippen molar-refractivity contribution in [1.82, 2.24) is 0 Å². The van der Waals surface area contributed by atoms with Gasteiger partial charge in [-0.1, -0.05) is 39.8 Å². The van der Waals surface area contributed by atoms with Crippen LogP contribution in [0.3, 0.4) is 0 Å². The molecule has 0 N–H and O–H groups in total. The van der Waals surface area contributed by atoms with E-state index in [0.717, 1.165) is 12.0 Å². The van der Waals surface area contributed by atoms with Gasteiger partial charge in [0.2, 0.25) is 0 Å². The number of benzene rings is 1. The fourth-order valence-corrected chi connectivity index (χ4v) is 2.44. The van der Waals surface area contributed by atoms with Crippen LogP contribution in [0.1, 0.15) is 45.6 Å². The Morgan fingerprint density at radius 1 is 1.28 bits per heavy atom. The third-order valence-electron chi connectivity index (χ3n) is 2.98. The van der Waals surface area contributed by atoms with Gasteiger partial charge in [-0.05, 0) is 41.9 Å². The van der Waals surface area contributed by atoms with Crippen molar-refractivity contribution in [3.63, 3.8) is 0 Å². The lowest BCUT2D eigenvalue weighted by Gasteiger charge is -2.23. The van der Waals surface area contributed by atoms with E-state index in [1.807, 2.05) is 18.2 Å². The molecule has 0 amide bonds. The maximum absolute atomic E-state index is 10.5. The van der Waals surface area contributed by atoms with Gasteiger partial charge in [0.15, 0.2) is 0 Å². The van der Waals surface area contributed by atoms with Crippen LogP contribution < -0.4 is 4.18 Å². The average molecular weight is 269 g/mol. The van der Waals surface area contributed by atoms with Crippen molar-refractivity contribution in [3.8, 4) is 5.75 Å². The number of hydrogen-bond acceptors (Lipinski definition) is 3. The highest BCUT2D eigenvalue weighted by Gasteiger charge is 2.17. The van der Waals surface area contributed by atoms with Crippen LogP contribution in [-0.4, -0.2) is 8.76 Å². The van der Waals surface area contributed by atoms with Gasteiger partial charge in [0, 0.05) is 0 Å². The molecule has 2 unspecified atom stereocenters. The highest BCUT2D eigenvalue weighted by molar-refractivity contribution is 7.74. The Bertz CT molecular complexity index is 402. The minimum atomic E-state index is -2.51. The second-order valence-corrected chi connectivity index (χ2v) is 5.91. The highest BCUT2D eigenvalue weighted by atomic mass is 32.2. The van der Waals surface area contributed by atoms with E-state index in [2.05, 4.69) is 27.7 Å². The zero-order valence-corrected chi connectivity index (χ0v) is 12.2. The molecule has 0 aliphatic heterocycles. The molecule has 0 radical (unpaired) electrons. The Labute approximate surface area is 112 Å². The zero-order chi connectivity index (χ0) is 13.7. The lowest BCUT2D eigenvalue weighted by atomic mass is 9.82. The predicted molar refractivity (Wildman–Crippen MR) is 73.0 cm³/mol. The first-order chi connectivity index (χ1) is 8.40. The summed E-state index contributed by atoms with van der Waals surface area (Å²) in [6.07, 6.45) is 1.08. The largest absolute Gasteiger partial charge is 0.740 e. The third-order valence-corrected chi connectivity index (χ3v) is 3.31. The summed E-state index contributed by atoms with van der Waals surface area (Å²) >= 11 is -2.51. The first-order valence-electron chi connectivity index (χ1n) is 6.27. The van der Waals surface area contributed by atoms with Gasteiger partial charge in [-0.2, -0.15) is 0 Å². The van der Waals surface area contributed by atoms with Crippen molar-refractivity contribution in [2.75, 3.05) is 0 Å². The van der Waals surface area contributed by atoms with E-state index in [1.165, 1.54) is 0 Å². The molecule has 3 nitrogen and oxygen atoms in total. The first kappa shape index (κ1) is 15.2. The summed E-state index contributed by atoms with van der Waals surface area (Å²) in [5, 5.41) is 0. The Morgan fingerprint density at radius 3 is 2.44 bits per heavy atom. The van der Waals surface area contributed by atoms with Crippen molar-refractivity contribution >= 4 is 11.4 Å². The fraction of sp³-hybridized carbons (Fsp3) is 0.571. The summed E-state index contributed by atoms with van der Waals surface area (Å²) in [6, 6.07) is 7.36. The minimum absolute atomic E-state index is 0.384. The number of rotatable bonds is 6. The molecule has 0 aliphatic rings. The molecule has 0 heterocycles. The van der Waals surface area contributed by atoms with Crippen molar-refractivity contribution in [1.29, 1.82) is 0 Å². The summed E-state index contributed by atoms with van der Waals surface area (Å²) in [7, 11) is 0. The van der Waals surface area contributed by atoms with Crippen LogP contribution in [0.25, 0.3) is 0 Å². The van der Waals surface area contributed by atoms with E-state index in [-0.39, 0.29) is 0 Å². The molecule has 2 atom stereocenters. The van der Waals surface area contributed by atoms with Crippen LogP contribution in [-0.2, 0) is 11.4 Å². The Hall–Kier alpha value is -0.870. The molecular weight excluding hydrogens is 248 g/mol. The number of hydrogen-bond donors (Lipinski definition) is 0. The molecule has 0 aliphatic carbocycles. The van der Waals surface area contributed by atoms with Gasteiger partial charge in [-0.25, -0.2) is 4.21 Å². The van der Waals surface area contributed by atoms with E-state index in [9.17, 15) is 8.76 Å². The molecule has 1 aromatic carbocycles. The second-order valence-electron chi connectivity index (χ2n) is 5.34. The maximum atomic E-state index is 10.5. The topological polar surface area (TPSA) is 49.4 Å². The van der Waals surface area contributed by atoms with Crippen LogP contribution in [0.5, 0.6) is 5.75 Å². The van der Waals surface area contributed by atoms with E-state index in [1.54, 1.807) is 6.07 Å². The SMILES string of the molecule is CC(C)CC(c1cccc(OS(=O)[O-])c1)C(C)C. The molecule has 0 fully saturated rings. The smallest absolute Gasteiger partial charge is 0.139 e. The summed E-state index contributed by atoms with van der Waals surface area (Å²) in [5.41, 5.74) is 1.14. The summed E-state index contributed by atoms with van der Waals surface area (Å²) in [5.74, 6) is 1.93. The quantitative estimate of drug-likeness (QED) is 0.741. The minimum Gasteiger partial charge on any atom is -0.740 e. The van der Waals surface area contributed by atoms with Gasteiger partial charge >= 0.3 is 0 Å². The monoisotopic (exact) mass is 269 g/mol. The van der Waals surface area contributed by atoms with Crippen LogP contribution in [0.2, 0.25) is 0 Å². The molecular formula is C14H21O3S-. The van der Waals surface area contributed by atoms with Crippen molar-refractivity contribution in [2.24, 2.45) is 11.8 Å². The van der Waals surface area contributed by atoms with Gasteiger partial charge < -0.3 is 8.74 Å². The van der Waals surface area contributed by atoms with Crippen LogP contribution in [0.15, 0.2) is 24.3 Å². The zero-order valence-electron chi connectivity index (χ0n) is 11.4. The molecule has 1 aromatic rings. The second kappa shape index (κ2) is 6.90. The van der Waals surface area contributed by atoms with Crippen LogP contribution >= 0.6 is 0 Å². The Balaban J connectivity index is 2.94. The normalized spacial score (nSPS) is 14.8. The van der Waals surface area contributed by atoms with E-state index in [0.29, 0.717) is 23.5 Å². The summed E-state index contributed by atoms with van der Waals surface area (Å²) in [4.78, 5) is 0. The lowest BCUT2D eigenvalue weighted by Crippen LogP contribution is -2.10. The molecule has 18 heavy (non-hydrogen) atoms. The van der Waals surface area contributed by atoms with Crippen LogP contribution in [0, 0.1) is 11.8 Å². The summed E-state index contributed by atoms with van der Waals surface area (Å²) < 4.78 is 25.8. The standard InChI is InChI=1S/C14H22O3S/c1-10(2)8-14(11(3)4)12-6-5-7-13(9-12)17-18(15)16/h5-7,9-11,14H,8H2,1-4H3,(H,15,16)/p-1. The molecule has 0 bridgehead atoms. The molecule has 4 heteroatoms. The Morgan fingerprint density at radius 2 is 1.94 bits per heavy atom. The van der Waals surface area contributed by atoms with Crippen molar-refractivity contribution < 1.29 is 12.9 Å². The van der Waals surface area contributed by atoms with E-state index < -0.39 is 11.4 Å². The Kier molecular flexibility index (Phi) is 5.82. The maximum Gasteiger partial charge on any atom is 0.139 e. The van der Waals surface area contributed by atoms with Gasteiger partial charge in [-0.15, -0.1) is 0 Å². The molecule has 1 rings (SSSR count). The average Bonchev–Trinajstić information content (AvgIpc) is 2.24. The van der Waals surface area contributed by atoms with Crippen molar-refractivity contribution in [3.05, 3.63) is 29.8 Å². The molecule has 0 aromatic heterocycles. The summed E-state index contributed by atoms with van der Waals surface area (Å²) in [6.45, 7) is 8.77. The fourth-order valence-electron chi connectivity index (χ4n) is 2.18. The van der Waals surface area contributed by atoms with E-state index >= 15 is 0 Å². The lowest BCUT2D eigenvalue weighted by molar-refractivity contribution is 0.405. The van der Waals surface area contributed by atoms with Gasteiger partial charge in [-0.3, -0.25) is 0 Å². The van der Waals surface area contributed by atoms with Crippen molar-refractivity contribution in [2.45, 2.75) is 40.0 Å². The predicted octanol–water partition coefficient (Wildman–Crippen LogP) is 3.65. The molecule has 0 saturated carbocycles. The molecule has 0 spiro atoms. The van der Waals surface area contributed by atoms with Gasteiger partial charge in [0.05, 0.1) is 0 Å². The first-order valence-corrected chi connectivity index (χ1v) is 7.27. The molecule has 0 saturated heterocycles. The van der Waals surface area contributed by atoms with Gasteiger partial charge in [0.25, 0.3) is 0 Å². The van der Waals surface area contributed by atoms with E-state index in [4.69, 9.17) is 4.18 Å².